The molecule has 3 rings (SSSR count). The van der Waals surface area contributed by atoms with Crippen LogP contribution < -0.4 is 10.6 Å². The first-order chi connectivity index (χ1) is 12.6. The summed E-state index contributed by atoms with van der Waals surface area (Å²) >= 11 is 0. The molecule has 4 unspecified atom stereocenters. The molecule has 0 saturated carbocycles. The lowest BCUT2D eigenvalue weighted by Gasteiger charge is -2.27. The minimum Gasteiger partial charge on any atom is -0.376 e. The Labute approximate surface area is 150 Å². The third-order valence-electron chi connectivity index (χ3n) is 4.43. The summed E-state index contributed by atoms with van der Waals surface area (Å²) in [6.07, 6.45) is 4.79. The molecule has 0 aliphatic carbocycles. The summed E-state index contributed by atoms with van der Waals surface area (Å²) < 4.78 is 5.41. The van der Waals surface area contributed by atoms with Crippen LogP contribution >= 0.6 is 0 Å². The van der Waals surface area contributed by atoms with E-state index in [1.165, 1.54) is 0 Å². The summed E-state index contributed by atoms with van der Waals surface area (Å²) in [5, 5.41) is 15.8. The Morgan fingerprint density at radius 3 is 3.08 bits per heavy atom. The number of nitrogens with one attached hydrogen (secondary N) is 2. The highest BCUT2D eigenvalue weighted by molar-refractivity contribution is 5.86. The van der Waals surface area contributed by atoms with E-state index in [0.29, 0.717) is 18.7 Å². The van der Waals surface area contributed by atoms with Gasteiger partial charge in [0.15, 0.2) is 0 Å². The molecule has 2 saturated heterocycles. The number of aromatic nitrogens is 2. The monoisotopic (exact) mass is 362 g/mol. The third kappa shape index (κ3) is 4.47. The standard InChI is InChI=1S/C16H22N6O4/c1-17-15(25)11-3-2-6-22(11)13(24)9-20-12(23)8-21-16-14(26-16)10-7-18-4-5-19-10/h4-5,7,11,13-14,16,21,24H,1-3,6,8-9H2,(H,20,23). The molecule has 2 aliphatic heterocycles. The minimum atomic E-state index is -0.943. The number of hydrogen-bond acceptors (Lipinski definition) is 8. The van der Waals surface area contributed by atoms with Gasteiger partial charge in [-0.15, -0.1) is 0 Å². The molecule has 10 nitrogen and oxygen atoms in total. The van der Waals surface area contributed by atoms with Gasteiger partial charge in [0.1, 0.15) is 18.6 Å². The molecule has 2 amide bonds. The van der Waals surface area contributed by atoms with Crippen LogP contribution in [0.25, 0.3) is 0 Å². The van der Waals surface area contributed by atoms with Crippen LogP contribution in [0.4, 0.5) is 0 Å². The van der Waals surface area contributed by atoms with Crippen molar-refractivity contribution < 1.29 is 19.4 Å². The maximum Gasteiger partial charge on any atom is 0.262 e. The van der Waals surface area contributed by atoms with Crippen LogP contribution in [0.15, 0.2) is 23.6 Å². The van der Waals surface area contributed by atoms with Crippen LogP contribution in [0.5, 0.6) is 0 Å². The highest BCUT2D eigenvalue weighted by Crippen LogP contribution is 2.34. The number of nitrogens with zero attached hydrogens (tertiary/aromatic N) is 4. The summed E-state index contributed by atoms with van der Waals surface area (Å²) in [4.78, 5) is 36.8. The Bertz CT molecular complexity index is 657. The smallest absolute Gasteiger partial charge is 0.262 e. The molecule has 4 atom stereocenters. The van der Waals surface area contributed by atoms with E-state index in [9.17, 15) is 14.7 Å². The summed E-state index contributed by atoms with van der Waals surface area (Å²) in [6.45, 7) is 3.90. The lowest BCUT2D eigenvalue weighted by molar-refractivity contribution is -0.126. The van der Waals surface area contributed by atoms with E-state index in [2.05, 4.69) is 32.3 Å². The predicted octanol–water partition coefficient (Wildman–Crippen LogP) is -1.41. The van der Waals surface area contributed by atoms with E-state index in [1.807, 2.05) is 0 Å². The highest BCUT2D eigenvalue weighted by Gasteiger charge is 2.41. The Morgan fingerprint density at radius 1 is 1.50 bits per heavy atom. The molecular weight excluding hydrogens is 340 g/mol. The molecular formula is C16H22N6O4. The molecule has 0 bridgehead atoms. The van der Waals surface area contributed by atoms with Gasteiger partial charge < -0.3 is 15.2 Å². The lowest BCUT2D eigenvalue weighted by atomic mass is 10.2. The van der Waals surface area contributed by atoms with Gasteiger partial charge in [-0.05, 0) is 19.6 Å². The predicted molar refractivity (Wildman–Crippen MR) is 90.9 cm³/mol. The first-order valence-corrected chi connectivity index (χ1v) is 8.46. The van der Waals surface area contributed by atoms with Gasteiger partial charge in [0.2, 0.25) is 5.91 Å². The van der Waals surface area contributed by atoms with Crippen molar-refractivity contribution in [3.05, 3.63) is 24.3 Å². The van der Waals surface area contributed by atoms with E-state index < -0.39 is 12.3 Å². The van der Waals surface area contributed by atoms with E-state index in [-0.39, 0.29) is 37.2 Å². The number of likely N-dealkylation sites (tertiary alicyclic amines) is 1. The number of ether oxygens (including phenoxy) is 1. The quantitative estimate of drug-likeness (QED) is 0.380. The second-order valence-corrected chi connectivity index (χ2v) is 6.17. The topological polar surface area (TPSA) is 132 Å². The van der Waals surface area contributed by atoms with Crippen LogP contribution in [-0.4, -0.2) is 76.6 Å². The molecule has 140 valence electrons. The van der Waals surface area contributed by atoms with Crippen LogP contribution in [0.1, 0.15) is 24.6 Å². The number of aliphatic hydroxyl groups excluding tert-OH is 1. The molecule has 2 fully saturated rings. The van der Waals surface area contributed by atoms with Crippen molar-refractivity contribution in [3.8, 4) is 0 Å². The van der Waals surface area contributed by atoms with Crippen LogP contribution in [0.3, 0.4) is 0 Å². The van der Waals surface area contributed by atoms with Crippen molar-refractivity contribution in [1.29, 1.82) is 0 Å². The number of aliphatic imine (C=N–C) groups is 1. The number of carbonyl (C=O) groups excluding carboxylic acids is 2. The molecule has 3 N–H and O–H groups in total. The number of carbonyl (C=O) groups is 2. The largest absolute Gasteiger partial charge is 0.376 e. The Hall–Kier alpha value is -2.27. The number of epoxide rings is 1. The van der Waals surface area contributed by atoms with Gasteiger partial charge in [0.25, 0.3) is 5.91 Å². The van der Waals surface area contributed by atoms with Gasteiger partial charge in [0, 0.05) is 18.9 Å². The fraction of sp³-hybridized carbons (Fsp3) is 0.562. The van der Waals surface area contributed by atoms with Crippen molar-refractivity contribution >= 4 is 18.5 Å². The van der Waals surface area contributed by atoms with Crippen LogP contribution in [0.2, 0.25) is 0 Å². The first-order valence-electron chi connectivity index (χ1n) is 8.46. The Morgan fingerprint density at radius 2 is 2.35 bits per heavy atom. The van der Waals surface area contributed by atoms with E-state index in [4.69, 9.17) is 4.74 Å². The molecule has 2 aliphatic rings. The van der Waals surface area contributed by atoms with E-state index >= 15 is 0 Å². The SMILES string of the molecule is C=NC(=O)C1CCCN1C(O)CNC(=O)CNC1OC1c1cnccn1. The third-order valence-corrected chi connectivity index (χ3v) is 4.43. The van der Waals surface area contributed by atoms with Crippen molar-refractivity contribution in [2.45, 2.75) is 37.4 Å². The Balaban J connectivity index is 1.37. The molecule has 3 heterocycles. The van der Waals surface area contributed by atoms with Gasteiger partial charge in [-0.2, -0.15) is 0 Å². The van der Waals surface area contributed by atoms with Gasteiger partial charge >= 0.3 is 0 Å². The molecule has 1 aromatic heterocycles. The second kappa shape index (κ2) is 8.41. The fourth-order valence-electron chi connectivity index (χ4n) is 3.04. The molecule has 1 aromatic rings. The average molecular weight is 362 g/mol. The molecule has 10 heteroatoms. The molecule has 0 aromatic carbocycles. The van der Waals surface area contributed by atoms with E-state index in [0.717, 1.165) is 6.42 Å². The number of amides is 2. The summed E-state index contributed by atoms with van der Waals surface area (Å²) in [7, 11) is 0. The number of rotatable bonds is 8. The zero-order valence-electron chi connectivity index (χ0n) is 14.2. The zero-order chi connectivity index (χ0) is 18.5. The Kier molecular flexibility index (Phi) is 5.99. The molecule has 0 radical (unpaired) electrons. The van der Waals surface area contributed by atoms with Crippen molar-refractivity contribution in [3.63, 3.8) is 0 Å². The zero-order valence-corrected chi connectivity index (χ0v) is 14.2. The summed E-state index contributed by atoms with van der Waals surface area (Å²) in [5.74, 6) is -0.628. The second-order valence-electron chi connectivity index (χ2n) is 6.17. The van der Waals surface area contributed by atoms with E-state index in [1.54, 1.807) is 23.5 Å². The maximum atomic E-state index is 11.9. The fourth-order valence-corrected chi connectivity index (χ4v) is 3.04. The highest BCUT2D eigenvalue weighted by atomic mass is 16.6. The number of aliphatic hydroxyl groups is 1. The minimum absolute atomic E-state index is 0.0283. The lowest BCUT2D eigenvalue weighted by Crippen LogP contribution is -2.49. The summed E-state index contributed by atoms with van der Waals surface area (Å²) in [5.41, 5.74) is 0.710. The van der Waals surface area contributed by atoms with Gasteiger partial charge in [0.05, 0.1) is 31.0 Å². The normalized spacial score (nSPS) is 26.3. The van der Waals surface area contributed by atoms with Crippen molar-refractivity contribution in [1.82, 2.24) is 25.5 Å². The summed E-state index contributed by atoms with van der Waals surface area (Å²) in [6, 6.07) is -0.467. The number of hydrogen-bond donors (Lipinski definition) is 3. The maximum absolute atomic E-state index is 11.9. The van der Waals surface area contributed by atoms with Gasteiger partial charge in [-0.25, -0.2) is 4.99 Å². The first kappa shape index (κ1) is 18.5. The average Bonchev–Trinajstić information content (AvgIpc) is 3.29. The van der Waals surface area contributed by atoms with Crippen LogP contribution in [0, 0.1) is 0 Å². The van der Waals surface area contributed by atoms with Crippen LogP contribution in [-0.2, 0) is 14.3 Å². The molecule has 26 heavy (non-hydrogen) atoms. The van der Waals surface area contributed by atoms with Gasteiger partial charge in [-0.1, -0.05) is 0 Å². The molecule has 0 spiro atoms. The van der Waals surface area contributed by atoms with Gasteiger partial charge in [-0.3, -0.25) is 29.8 Å². The van der Waals surface area contributed by atoms with Crippen molar-refractivity contribution in [2.75, 3.05) is 19.6 Å². The van der Waals surface area contributed by atoms with Crippen molar-refractivity contribution in [2.24, 2.45) is 4.99 Å².